The van der Waals surface area contributed by atoms with E-state index in [4.69, 9.17) is 0 Å². The van der Waals surface area contributed by atoms with Crippen LogP contribution in [0.2, 0.25) is 0 Å². The monoisotopic (exact) mass is 473 g/mol. The van der Waals surface area contributed by atoms with E-state index in [-0.39, 0.29) is 56.9 Å². The van der Waals surface area contributed by atoms with Gasteiger partial charge in [0.05, 0.1) is 22.3 Å². The quantitative estimate of drug-likeness (QED) is 0.626. The van der Waals surface area contributed by atoms with Gasteiger partial charge in [0.1, 0.15) is 0 Å². The minimum absolute atomic E-state index is 0.109. The Hall–Kier alpha value is -3.69. The van der Waals surface area contributed by atoms with E-state index >= 15 is 0 Å². The van der Waals surface area contributed by atoms with Gasteiger partial charge in [0.2, 0.25) is 5.91 Å². The Morgan fingerprint density at radius 2 is 1.32 bits per heavy atom. The summed E-state index contributed by atoms with van der Waals surface area (Å²) in [4.78, 5) is 54.0. The molecule has 0 radical (unpaired) electrons. The number of nitrogens with zero attached hydrogens (tertiary/aromatic N) is 3. The summed E-state index contributed by atoms with van der Waals surface area (Å²) < 4.78 is 39.7. The average Bonchev–Trinajstić information content (AvgIpc) is 3.08. The molecule has 7 nitrogen and oxygen atoms in total. The number of alkyl halides is 3. The molecule has 2 heterocycles. The summed E-state index contributed by atoms with van der Waals surface area (Å²) in [5.41, 5.74) is -0.680. The molecule has 0 saturated carbocycles. The summed E-state index contributed by atoms with van der Waals surface area (Å²) in [7, 11) is 0. The van der Waals surface area contributed by atoms with Gasteiger partial charge in [0.25, 0.3) is 17.7 Å². The number of hydrogen-bond acceptors (Lipinski definition) is 4. The number of halogens is 3. The lowest BCUT2D eigenvalue weighted by Crippen LogP contribution is -2.50. The molecule has 0 atom stereocenters. The molecule has 0 unspecified atom stereocenters. The molecule has 4 amide bonds. The number of benzene rings is 2. The van der Waals surface area contributed by atoms with Crippen LogP contribution in [-0.2, 0) is 11.0 Å². The Balaban J connectivity index is 1.28. The predicted octanol–water partition coefficient (Wildman–Crippen LogP) is 3.07. The second kappa shape index (κ2) is 9.28. The first kappa shape index (κ1) is 23.5. The molecule has 0 aliphatic carbocycles. The highest BCUT2D eigenvalue weighted by Gasteiger charge is 2.37. The molecular weight excluding hydrogens is 451 g/mol. The number of carbonyl (C=O) groups is 4. The third kappa shape index (κ3) is 4.52. The summed E-state index contributed by atoms with van der Waals surface area (Å²) in [5.74, 6) is -1.66. The van der Waals surface area contributed by atoms with E-state index in [2.05, 4.69) is 0 Å². The summed E-state index contributed by atoms with van der Waals surface area (Å²) in [6.45, 7) is 0.757. The largest absolute Gasteiger partial charge is 0.417 e. The van der Waals surface area contributed by atoms with Crippen LogP contribution in [0.15, 0.2) is 48.5 Å². The third-order valence-corrected chi connectivity index (χ3v) is 6.03. The van der Waals surface area contributed by atoms with Gasteiger partial charge >= 0.3 is 6.18 Å². The van der Waals surface area contributed by atoms with Gasteiger partial charge in [-0.2, -0.15) is 13.2 Å². The van der Waals surface area contributed by atoms with E-state index in [9.17, 15) is 32.3 Å². The van der Waals surface area contributed by atoms with Crippen molar-refractivity contribution in [3.05, 3.63) is 70.8 Å². The second-order valence-electron chi connectivity index (χ2n) is 8.13. The van der Waals surface area contributed by atoms with E-state index < -0.39 is 23.2 Å². The van der Waals surface area contributed by atoms with Crippen LogP contribution >= 0.6 is 0 Å². The second-order valence-corrected chi connectivity index (χ2v) is 8.13. The van der Waals surface area contributed by atoms with Crippen molar-refractivity contribution in [3.8, 4) is 0 Å². The van der Waals surface area contributed by atoms with Crippen LogP contribution in [0.1, 0.15) is 49.5 Å². The highest BCUT2D eigenvalue weighted by atomic mass is 19.4. The number of imide groups is 1. The van der Waals surface area contributed by atoms with Gasteiger partial charge in [-0.25, -0.2) is 0 Å². The molecule has 0 bridgehead atoms. The Morgan fingerprint density at radius 1 is 0.794 bits per heavy atom. The minimum atomic E-state index is -4.64. The molecule has 2 aliphatic rings. The molecule has 1 fully saturated rings. The normalized spacial score (nSPS) is 16.1. The van der Waals surface area contributed by atoms with Crippen molar-refractivity contribution in [1.82, 2.24) is 14.7 Å². The summed E-state index contributed by atoms with van der Waals surface area (Å²) in [6.07, 6.45) is -4.23. The van der Waals surface area contributed by atoms with Crippen molar-refractivity contribution >= 4 is 23.6 Å². The van der Waals surface area contributed by atoms with Crippen molar-refractivity contribution in [2.24, 2.45) is 0 Å². The first-order chi connectivity index (χ1) is 16.2. The predicted molar refractivity (Wildman–Crippen MR) is 115 cm³/mol. The maximum Gasteiger partial charge on any atom is 0.417 e. The highest BCUT2D eigenvalue weighted by Crippen LogP contribution is 2.32. The van der Waals surface area contributed by atoms with Gasteiger partial charge in [-0.05, 0) is 30.7 Å². The first-order valence-electron chi connectivity index (χ1n) is 10.9. The fourth-order valence-corrected chi connectivity index (χ4v) is 4.23. The third-order valence-electron chi connectivity index (χ3n) is 6.03. The summed E-state index contributed by atoms with van der Waals surface area (Å²) in [6, 6.07) is 11.2. The van der Waals surface area contributed by atoms with Crippen LogP contribution in [0.4, 0.5) is 13.2 Å². The molecule has 4 rings (SSSR count). The molecule has 10 heteroatoms. The van der Waals surface area contributed by atoms with Gasteiger partial charge in [-0.1, -0.05) is 24.3 Å². The number of amides is 4. The topological polar surface area (TPSA) is 78.0 Å². The zero-order chi connectivity index (χ0) is 24.5. The Labute approximate surface area is 193 Å². The van der Waals surface area contributed by atoms with Gasteiger partial charge in [0, 0.05) is 39.1 Å². The van der Waals surface area contributed by atoms with Gasteiger partial charge < -0.3 is 9.80 Å². The smallest absolute Gasteiger partial charge is 0.339 e. The molecule has 2 aromatic carbocycles. The van der Waals surface area contributed by atoms with Crippen molar-refractivity contribution in [3.63, 3.8) is 0 Å². The molecule has 178 valence electrons. The maximum absolute atomic E-state index is 13.2. The fourth-order valence-electron chi connectivity index (χ4n) is 4.23. The van der Waals surface area contributed by atoms with Crippen molar-refractivity contribution in [2.75, 3.05) is 32.7 Å². The zero-order valence-corrected chi connectivity index (χ0v) is 18.2. The summed E-state index contributed by atoms with van der Waals surface area (Å²) >= 11 is 0. The van der Waals surface area contributed by atoms with E-state index in [1.807, 2.05) is 0 Å². The Bertz CT molecular complexity index is 1110. The van der Waals surface area contributed by atoms with Crippen molar-refractivity contribution < 1.29 is 32.3 Å². The molecule has 0 spiro atoms. The molecule has 0 aromatic heterocycles. The molecule has 2 aliphatic heterocycles. The van der Waals surface area contributed by atoms with Crippen molar-refractivity contribution in [2.45, 2.75) is 19.0 Å². The number of piperazine rings is 1. The number of carbonyl (C=O) groups excluding carboxylic acids is 4. The Kier molecular flexibility index (Phi) is 6.41. The van der Waals surface area contributed by atoms with Crippen LogP contribution in [0.5, 0.6) is 0 Å². The van der Waals surface area contributed by atoms with Crippen LogP contribution in [0.25, 0.3) is 0 Å². The maximum atomic E-state index is 13.2. The van der Waals surface area contributed by atoms with Gasteiger partial charge in [-0.15, -0.1) is 0 Å². The molecule has 0 N–H and O–H groups in total. The fraction of sp³-hybridized carbons (Fsp3) is 0.333. The standard InChI is InChI=1S/C24H22F3N3O4/c25-24(26,27)19-9-4-3-8-18(19)21(32)29-14-12-28(13-15-29)20(31)10-5-11-30-22(33)16-6-1-2-7-17(16)23(30)34/h1-4,6-9H,5,10-15H2. The summed E-state index contributed by atoms with van der Waals surface area (Å²) in [5, 5.41) is 0. The van der Waals surface area contributed by atoms with E-state index in [1.54, 1.807) is 29.2 Å². The molecule has 2 aromatic rings. The number of hydrogen-bond donors (Lipinski definition) is 0. The highest BCUT2D eigenvalue weighted by molar-refractivity contribution is 6.21. The van der Waals surface area contributed by atoms with Crippen LogP contribution in [-0.4, -0.2) is 71.1 Å². The van der Waals surface area contributed by atoms with Crippen molar-refractivity contribution in [1.29, 1.82) is 0 Å². The average molecular weight is 473 g/mol. The number of rotatable bonds is 5. The lowest BCUT2D eigenvalue weighted by atomic mass is 10.1. The van der Waals surface area contributed by atoms with Crippen LogP contribution < -0.4 is 0 Å². The first-order valence-corrected chi connectivity index (χ1v) is 10.9. The van der Waals surface area contributed by atoms with E-state index in [1.165, 1.54) is 17.0 Å². The SMILES string of the molecule is O=C(CCCN1C(=O)c2ccccc2C1=O)N1CCN(C(=O)c2ccccc2C(F)(F)F)CC1. The van der Waals surface area contributed by atoms with Crippen LogP contribution in [0.3, 0.4) is 0 Å². The number of fused-ring (bicyclic) bond motifs is 1. The minimum Gasteiger partial charge on any atom is -0.339 e. The Morgan fingerprint density at radius 3 is 1.91 bits per heavy atom. The lowest BCUT2D eigenvalue weighted by Gasteiger charge is -2.35. The van der Waals surface area contributed by atoms with Gasteiger partial charge in [0.15, 0.2) is 0 Å². The molecular formula is C24H22F3N3O4. The molecule has 34 heavy (non-hydrogen) atoms. The lowest BCUT2D eigenvalue weighted by molar-refractivity contribution is -0.138. The molecule has 1 saturated heterocycles. The van der Waals surface area contributed by atoms with Gasteiger partial charge in [-0.3, -0.25) is 24.1 Å². The zero-order valence-electron chi connectivity index (χ0n) is 18.2. The van der Waals surface area contributed by atoms with Crippen LogP contribution in [0, 0.1) is 0 Å². The van der Waals surface area contributed by atoms with E-state index in [0.717, 1.165) is 17.0 Å². The van der Waals surface area contributed by atoms with E-state index in [0.29, 0.717) is 17.5 Å².